The molecule has 1 unspecified atom stereocenters. The van der Waals surface area contributed by atoms with Crippen LogP contribution in [-0.4, -0.2) is 18.0 Å². The number of amides is 1. The van der Waals surface area contributed by atoms with Crippen LogP contribution in [0.5, 0.6) is 0 Å². The van der Waals surface area contributed by atoms with E-state index < -0.39 is 0 Å². The van der Waals surface area contributed by atoms with Gasteiger partial charge in [0.2, 0.25) is 5.91 Å². The number of fused-ring (bicyclic) bond motifs is 1. The number of carbonyl (C=O) groups excluding carboxylic acids is 1. The van der Waals surface area contributed by atoms with Crippen molar-refractivity contribution in [2.45, 2.75) is 52.2 Å². The summed E-state index contributed by atoms with van der Waals surface area (Å²) in [4.78, 5) is 12.3. The third-order valence-corrected chi connectivity index (χ3v) is 3.97. The van der Waals surface area contributed by atoms with Crippen molar-refractivity contribution < 1.29 is 4.79 Å². The van der Waals surface area contributed by atoms with Gasteiger partial charge in [-0.3, -0.25) is 4.79 Å². The van der Waals surface area contributed by atoms with Crippen molar-refractivity contribution in [2.24, 2.45) is 5.92 Å². The van der Waals surface area contributed by atoms with E-state index in [2.05, 4.69) is 43.5 Å². The van der Waals surface area contributed by atoms with Crippen LogP contribution in [0, 0.1) is 5.92 Å². The van der Waals surface area contributed by atoms with E-state index in [0.29, 0.717) is 5.92 Å². The molecule has 2 N–H and O–H groups in total. The van der Waals surface area contributed by atoms with Crippen LogP contribution in [0.2, 0.25) is 0 Å². The van der Waals surface area contributed by atoms with Gasteiger partial charge < -0.3 is 10.6 Å². The molecule has 0 saturated heterocycles. The van der Waals surface area contributed by atoms with E-state index in [9.17, 15) is 4.79 Å². The summed E-state index contributed by atoms with van der Waals surface area (Å²) >= 11 is 0. The summed E-state index contributed by atoms with van der Waals surface area (Å²) in [6.45, 7) is 7.21. The first-order valence-corrected chi connectivity index (χ1v) is 7.22. The van der Waals surface area contributed by atoms with Crippen LogP contribution in [0.25, 0.3) is 0 Å². The van der Waals surface area contributed by atoms with Crippen molar-refractivity contribution in [2.75, 3.05) is 0 Å². The lowest BCUT2D eigenvalue weighted by Crippen LogP contribution is -2.51. The lowest BCUT2D eigenvalue weighted by atomic mass is 9.94. The Bertz CT molecular complexity index is 442. The van der Waals surface area contributed by atoms with E-state index in [0.717, 1.165) is 19.4 Å². The molecule has 1 amide bonds. The molecule has 1 aromatic rings. The zero-order valence-corrected chi connectivity index (χ0v) is 12.1. The van der Waals surface area contributed by atoms with Crippen LogP contribution in [-0.2, 0) is 17.8 Å². The molecule has 1 aliphatic heterocycles. The maximum absolute atomic E-state index is 12.3. The molecule has 1 aliphatic rings. The molecule has 0 fully saturated rings. The van der Waals surface area contributed by atoms with Crippen LogP contribution in [0.15, 0.2) is 24.3 Å². The Morgan fingerprint density at radius 1 is 1.37 bits per heavy atom. The van der Waals surface area contributed by atoms with Gasteiger partial charge in [-0.15, -0.1) is 0 Å². The predicted octanol–water partition coefficient (Wildman–Crippen LogP) is 2.25. The molecule has 0 radical (unpaired) electrons. The van der Waals surface area contributed by atoms with Crippen LogP contribution >= 0.6 is 0 Å². The van der Waals surface area contributed by atoms with Crippen LogP contribution < -0.4 is 10.6 Å². The van der Waals surface area contributed by atoms with Gasteiger partial charge in [0.15, 0.2) is 0 Å². The van der Waals surface area contributed by atoms with Crippen molar-refractivity contribution in [3.8, 4) is 0 Å². The Labute approximate surface area is 115 Å². The van der Waals surface area contributed by atoms with Gasteiger partial charge in [-0.25, -0.2) is 0 Å². The summed E-state index contributed by atoms with van der Waals surface area (Å²) in [6.07, 6.45) is 1.77. The van der Waals surface area contributed by atoms with Crippen LogP contribution in [0.3, 0.4) is 0 Å². The minimum Gasteiger partial charge on any atom is -0.352 e. The Hall–Kier alpha value is -1.35. The second-order valence-corrected chi connectivity index (χ2v) is 5.67. The third-order valence-electron chi connectivity index (χ3n) is 3.97. The van der Waals surface area contributed by atoms with Crippen LogP contribution in [0.1, 0.15) is 38.3 Å². The maximum atomic E-state index is 12.3. The molecule has 0 aliphatic carbocycles. The Balaban J connectivity index is 1.99. The summed E-state index contributed by atoms with van der Waals surface area (Å²) in [6, 6.07) is 8.51. The SMILES string of the molecule is CCC(NC(=O)[C@H]1Cc2ccccc2CN1)C(C)C. The van der Waals surface area contributed by atoms with Crippen LogP contribution in [0.4, 0.5) is 0 Å². The van der Waals surface area contributed by atoms with Gasteiger partial charge in [-0.1, -0.05) is 45.0 Å². The molecule has 3 heteroatoms. The lowest BCUT2D eigenvalue weighted by Gasteiger charge is -2.28. The number of hydrogen-bond donors (Lipinski definition) is 2. The number of carbonyl (C=O) groups is 1. The lowest BCUT2D eigenvalue weighted by molar-refractivity contribution is -0.124. The number of benzene rings is 1. The van der Waals surface area contributed by atoms with Gasteiger partial charge in [0.05, 0.1) is 6.04 Å². The minimum atomic E-state index is -0.0947. The number of nitrogens with one attached hydrogen (secondary N) is 2. The first kappa shape index (κ1) is 14.1. The molecule has 0 saturated carbocycles. The van der Waals surface area contributed by atoms with Gasteiger partial charge in [-0.2, -0.15) is 0 Å². The minimum absolute atomic E-state index is 0.0947. The van der Waals surface area contributed by atoms with E-state index in [1.165, 1.54) is 11.1 Å². The van der Waals surface area contributed by atoms with Gasteiger partial charge in [0, 0.05) is 12.6 Å². The maximum Gasteiger partial charge on any atom is 0.237 e. The quantitative estimate of drug-likeness (QED) is 0.872. The average molecular weight is 260 g/mol. The zero-order valence-electron chi connectivity index (χ0n) is 12.1. The molecule has 2 atom stereocenters. The fourth-order valence-corrected chi connectivity index (χ4v) is 2.66. The Morgan fingerprint density at radius 2 is 2.05 bits per heavy atom. The molecule has 3 nitrogen and oxygen atoms in total. The van der Waals surface area contributed by atoms with E-state index >= 15 is 0 Å². The summed E-state index contributed by atoms with van der Waals surface area (Å²) in [5.41, 5.74) is 2.60. The van der Waals surface area contributed by atoms with Crippen molar-refractivity contribution in [1.82, 2.24) is 10.6 Å². The largest absolute Gasteiger partial charge is 0.352 e. The van der Waals surface area contributed by atoms with Gasteiger partial charge in [0.25, 0.3) is 0 Å². The molecular formula is C16H24N2O. The monoisotopic (exact) mass is 260 g/mol. The molecule has 1 aromatic carbocycles. The van der Waals surface area contributed by atoms with Crippen molar-refractivity contribution in [1.29, 1.82) is 0 Å². The average Bonchev–Trinajstić information content (AvgIpc) is 2.43. The molecule has 2 rings (SSSR count). The predicted molar refractivity (Wildman–Crippen MR) is 77.8 cm³/mol. The van der Waals surface area contributed by atoms with Gasteiger partial charge >= 0.3 is 0 Å². The second-order valence-electron chi connectivity index (χ2n) is 5.67. The third kappa shape index (κ3) is 3.35. The summed E-state index contributed by atoms with van der Waals surface area (Å²) < 4.78 is 0. The van der Waals surface area contributed by atoms with Crippen molar-refractivity contribution in [3.63, 3.8) is 0 Å². The molecule has 19 heavy (non-hydrogen) atoms. The number of hydrogen-bond acceptors (Lipinski definition) is 2. The highest BCUT2D eigenvalue weighted by Crippen LogP contribution is 2.16. The summed E-state index contributed by atoms with van der Waals surface area (Å²) in [5.74, 6) is 0.611. The van der Waals surface area contributed by atoms with E-state index in [1.54, 1.807) is 0 Å². The van der Waals surface area contributed by atoms with Crippen molar-refractivity contribution in [3.05, 3.63) is 35.4 Å². The normalized spacial score (nSPS) is 19.9. The molecule has 0 bridgehead atoms. The number of rotatable bonds is 4. The molecule has 0 aromatic heterocycles. The Kier molecular flexibility index (Phi) is 4.59. The highest BCUT2D eigenvalue weighted by atomic mass is 16.2. The van der Waals surface area contributed by atoms with Gasteiger partial charge in [-0.05, 0) is 29.9 Å². The zero-order chi connectivity index (χ0) is 13.8. The summed E-state index contributed by atoms with van der Waals surface area (Å²) in [5, 5.41) is 6.50. The fourth-order valence-electron chi connectivity index (χ4n) is 2.66. The standard InChI is InChI=1S/C16H24N2O/c1-4-14(11(2)3)18-16(19)15-9-12-7-5-6-8-13(12)10-17-15/h5-8,11,14-15,17H,4,9-10H2,1-3H3,(H,18,19)/t14?,15-/m1/s1. The second kappa shape index (κ2) is 6.20. The Morgan fingerprint density at radius 3 is 2.68 bits per heavy atom. The first-order valence-electron chi connectivity index (χ1n) is 7.22. The topological polar surface area (TPSA) is 41.1 Å². The molecule has 104 valence electrons. The van der Waals surface area contributed by atoms with E-state index in [4.69, 9.17) is 0 Å². The fraction of sp³-hybridized carbons (Fsp3) is 0.562. The van der Waals surface area contributed by atoms with E-state index in [-0.39, 0.29) is 18.0 Å². The highest BCUT2D eigenvalue weighted by Gasteiger charge is 2.25. The van der Waals surface area contributed by atoms with Crippen molar-refractivity contribution >= 4 is 5.91 Å². The smallest absolute Gasteiger partial charge is 0.237 e. The highest BCUT2D eigenvalue weighted by molar-refractivity contribution is 5.82. The van der Waals surface area contributed by atoms with Gasteiger partial charge in [0.1, 0.15) is 0 Å². The summed E-state index contributed by atoms with van der Waals surface area (Å²) in [7, 11) is 0. The first-order chi connectivity index (χ1) is 9.11. The molecular weight excluding hydrogens is 236 g/mol. The van der Waals surface area contributed by atoms with E-state index in [1.807, 2.05) is 12.1 Å². The molecule has 0 spiro atoms. The molecule has 1 heterocycles.